The normalized spacial score (nSPS) is 35.3. The molecule has 0 aliphatic heterocycles. The van der Waals surface area contributed by atoms with Gasteiger partial charge in [0.2, 0.25) is 0 Å². The number of hydrogen-bond donors (Lipinski definition) is 1. The lowest BCUT2D eigenvalue weighted by molar-refractivity contribution is 0.0579. The molecule has 0 spiro atoms. The summed E-state index contributed by atoms with van der Waals surface area (Å²) in [6.45, 7) is 6.44. The van der Waals surface area contributed by atoms with E-state index in [9.17, 15) is 5.11 Å². The summed E-state index contributed by atoms with van der Waals surface area (Å²) in [4.78, 5) is 2.40. The maximum atomic E-state index is 9.42. The van der Waals surface area contributed by atoms with Crippen LogP contribution in [0.1, 0.15) is 33.1 Å². The van der Waals surface area contributed by atoms with E-state index in [1.807, 2.05) is 0 Å². The lowest BCUT2D eigenvalue weighted by Gasteiger charge is -2.37. The Kier molecular flexibility index (Phi) is 4.16. The summed E-state index contributed by atoms with van der Waals surface area (Å²) in [7, 11) is 0. The van der Waals surface area contributed by atoms with E-state index in [0.717, 1.165) is 32.4 Å². The summed E-state index contributed by atoms with van der Waals surface area (Å²) in [5, 5.41) is 9.42. The maximum absolute atomic E-state index is 9.42. The Morgan fingerprint density at radius 1 is 1.31 bits per heavy atom. The molecule has 1 aliphatic carbocycles. The van der Waals surface area contributed by atoms with Crippen LogP contribution in [0, 0.1) is 0 Å². The maximum Gasteiger partial charge on any atom is 0.0707 e. The molecule has 1 aliphatic rings. The van der Waals surface area contributed by atoms with Gasteiger partial charge in [0.1, 0.15) is 0 Å². The minimum atomic E-state index is -0.383. The van der Waals surface area contributed by atoms with Crippen LogP contribution in [0.4, 0.5) is 0 Å². The van der Waals surface area contributed by atoms with Crippen LogP contribution in [0.15, 0.2) is 0 Å². The van der Waals surface area contributed by atoms with Crippen LogP contribution in [-0.4, -0.2) is 41.3 Å². The van der Waals surface area contributed by atoms with Crippen LogP contribution in [0.5, 0.6) is 0 Å². The van der Waals surface area contributed by atoms with Gasteiger partial charge in [-0.05, 0) is 32.4 Å². The second-order valence-electron chi connectivity index (χ2n) is 3.86. The predicted molar refractivity (Wildman–Crippen MR) is 53.5 cm³/mol. The van der Waals surface area contributed by atoms with E-state index in [4.69, 9.17) is 5.73 Å². The van der Waals surface area contributed by atoms with E-state index in [1.54, 1.807) is 0 Å². The highest BCUT2D eigenvalue weighted by Crippen LogP contribution is 2.22. The third-order valence-corrected chi connectivity index (χ3v) is 3.11. The topological polar surface area (TPSA) is 47.3 Å². The molecule has 1 radical (unpaired) electrons. The van der Waals surface area contributed by atoms with Crippen LogP contribution in [-0.2, 0) is 0 Å². The van der Waals surface area contributed by atoms with Gasteiger partial charge in [0.15, 0.2) is 0 Å². The van der Waals surface area contributed by atoms with Gasteiger partial charge in [-0.15, -0.1) is 0 Å². The highest BCUT2D eigenvalue weighted by atomic mass is 16.3. The molecule has 0 bridgehead atoms. The molecule has 0 heterocycles. The molecule has 0 saturated heterocycles. The van der Waals surface area contributed by atoms with Crippen LogP contribution >= 0.6 is 0 Å². The van der Waals surface area contributed by atoms with Crippen LogP contribution in [0.3, 0.4) is 0 Å². The van der Waals surface area contributed by atoms with Crippen LogP contribution < -0.4 is 5.73 Å². The summed E-state index contributed by atoms with van der Waals surface area (Å²) < 4.78 is 0. The van der Waals surface area contributed by atoms with Gasteiger partial charge in [-0.2, -0.15) is 0 Å². The fourth-order valence-electron chi connectivity index (χ4n) is 2.20. The summed E-state index contributed by atoms with van der Waals surface area (Å²) in [5.74, 6) is 0. The molecule has 77 valence electrons. The first-order valence-corrected chi connectivity index (χ1v) is 5.32. The number of nitrogens with zero attached hydrogens (tertiary/aromatic N) is 1. The van der Waals surface area contributed by atoms with Crippen molar-refractivity contribution >= 4 is 0 Å². The lowest BCUT2D eigenvalue weighted by Crippen LogP contribution is -2.45. The Morgan fingerprint density at radius 2 is 1.92 bits per heavy atom. The van der Waals surface area contributed by atoms with E-state index < -0.39 is 0 Å². The Morgan fingerprint density at radius 3 is 2.38 bits per heavy atom. The Balaban J connectivity index is 2.44. The average molecular weight is 185 g/mol. The summed E-state index contributed by atoms with van der Waals surface area (Å²) >= 11 is 0. The predicted octanol–water partition coefficient (Wildman–Crippen LogP) is 0.893. The molecular formula is C10H21N2O. The van der Waals surface area contributed by atoms with Crippen molar-refractivity contribution in [3.8, 4) is 0 Å². The first-order valence-electron chi connectivity index (χ1n) is 5.32. The van der Waals surface area contributed by atoms with Gasteiger partial charge in [0, 0.05) is 12.1 Å². The third-order valence-electron chi connectivity index (χ3n) is 3.11. The molecular weight excluding hydrogens is 164 g/mol. The first-order chi connectivity index (χ1) is 6.19. The molecule has 1 saturated carbocycles. The average Bonchev–Trinajstić information content (AvgIpc) is 2.13. The summed E-state index contributed by atoms with van der Waals surface area (Å²) in [6.07, 6.45) is 2.31. The zero-order valence-electron chi connectivity index (χ0n) is 8.66. The van der Waals surface area contributed by atoms with Gasteiger partial charge in [-0.3, -0.25) is 5.73 Å². The van der Waals surface area contributed by atoms with Gasteiger partial charge in [0.05, 0.1) is 6.10 Å². The molecule has 13 heavy (non-hydrogen) atoms. The highest BCUT2D eigenvalue weighted by molar-refractivity contribution is 4.86. The van der Waals surface area contributed by atoms with Gasteiger partial charge in [0.25, 0.3) is 0 Å². The van der Waals surface area contributed by atoms with Crippen molar-refractivity contribution in [1.29, 1.82) is 0 Å². The number of hydrogen-bond acceptors (Lipinski definition) is 2. The fraction of sp³-hybridized carbons (Fsp3) is 1.00. The number of nitrogens with one attached hydrogen (secondary N) is 1. The molecule has 3 heteroatoms. The second-order valence-corrected chi connectivity index (χ2v) is 3.86. The highest BCUT2D eigenvalue weighted by Gasteiger charge is 2.29. The van der Waals surface area contributed by atoms with Crippen molar-refractivity contribution in [1.82, 2.24) is 10.6 Å². The molecule has 2 N–H and O–H groups in total. The number of aliphatic hydroxyl groups excluding tert-OH is 1. The summed E-state index contributed by atoms with van der Waals surface area (Å²) in [5.41, 5.74) is 7.68. The minimum Gasteiger partial charge on any atom is -0.391 e. The standard InChI is InChI=1S/C10H21N2O/c1-3-12(4-2)8-5-6-10(13)9(11)7-8/h8-11,13H,3-7H2,1-2H3. The van der Waals surface area contributed by atoms with Crippen molar-refractivity contribution < 1.29 is 5.11 Å². The van der Waals surface area contributed by atoms with Crippen molar-refractivity contribution in [2.75, 3.05) is 13.1 Å². The third kappa shape index (κ3) is 2.66. The largest absolute Gasteiger partial charge is 0.391 e. The van der Waals surface area contributed by atoms with E-state index in [1.165, 1.54) is 0 Å². The Labute approximate surface area is 80.9 Å². The second kappa shape index (κ2) is 4.94. The Hall–Kier alpha value is -0.120. The lowest BCUT2D eigenvalue weighted by atomic mass is 9.88. The SMILES string of the molecule is CCN(CC)C1CCC(O)C([NH])C1. The van der Waals surface area contributed by atoms with Gasteiger partial charge in [-0.25, -0.2) is 0 Å². The molecule has 0 amide bonds. The number of aliphatic hydroxyl groups is 1. The molecule has 3 atom stereocenters. The van der Waals surface area contributed by atoms with Crippen molar-refractivity contribution in [2.45, 2.75) is 51.3 Å². The van der Waals surface area contributed by atoms with Crippen molar-refractivity contribution in [2.24, 2.45) is 0 Å². The first kappa shape index (κ1) is 11.0. The molecule has 1 fully saturated rings. The number of rotatable bonds is 3. The molecule has 3 unspecified atom stereocenters. The molecule has 0 aromatic carbocycles. The molecule has 0 aromatic rings. The zero-order chi connectivity index (χ0) is 9.84. The smallest absolute Gasteiger partial charge is 0.0707 e. The fourth-order valence-corrected chi connectivity index (χ4v) is 2.20. The van der Waals surface area contributed by atoms with E-state index in [0.29, 0.717) is 6.04 Å². The molecule has 0 aromatic heterocycles. The summed E-state index contributed by atoms with van der Waals surface area (Å²) in [6, 6.07) is 0.264. The monoisotopic (exact) mass is 185 g/mol. The quantitative estimate of drug-likeness (QED) is 0.710. The van der Waals surface area contributed by atoms with Crippen LogP contribution in [0.2, 0.25) is 0 Å². The van der Waals surface area contributed by atoms with Crippen molar-refractivity contribution in [3.63, 3.8) is 0 Å². The van der Waals surface area contributed by atoms with E-state index in [2.05, 4.69) is 18.7 Å². The van der Waals surface area contributed by atoms with Gasteiger partial charge < -0.3 is 10.0 Å². The molecule has 1 rings (SSSR count). The van der Waals surface area contributed by atoms with Gasteiger partial charge in [-0.1, -0.05) is 13.8 Å². The minimum absolute atomic E-state index is 0.264. The zero-order valence-corrected chi connectivity index (χ0v) is 8.66. The van der Waals surface area contributed by atoms with Gasteiger partial charge >= 0.3 is 0 Å². The molecule has 3 nitrogen and oxygen atoms in total. The van der Waals surface area contributed by atoms with E-state index >= 15 is 0 Å². The van der Waals surface area contributed by atoms with Crippen molar-refractivity contribution in [3.05, 3.63) is 0 Å². The van der Waals surface area contributed by atoms with E-state index in [-0.39, 0.29) is 12.1 Å². The Bertz CT molecular complexity index is 148. The van der Waals surface area contributed by atoms with Crippen LogP contribution in [0.25, 0.3) is 0 Å².